The molecule has 0 aliphatic carbocycles. The molecule has 0 saturated heterocycles. The summed E-state index contributed by atoms with van der Waals surface area (Å²) in [6.45, 7) is 5.37. The Hall–Kier alpha value is -1.98. The predicted octanol–water partition coefficient (Wildman–Crippen LogP) is 1.88. The van der Waals surface area contributed by atoms with Gasteiger partial charge in [0.1, 0.15) is 0 Å². The quantitative estimate of drug-likeness (QED) is 0.345. The van der Waals surface area contributed by atoms with Gasteiger partial charge < -0.3 is 20.1 Å². The van der Waals surface area contributed by atoms with Gasteiger partial charge >= 0.3 is 11.9 Å². The summed E-state index contributed by atoms with van der Waals surface area (Å²) in [6, 6.07) is 0. The van der Waals surface area contributed by atoms with E-state index in [4.69, 9.17) is 0 Å². The molecule has 0 rings (SSSR count). The van der Waals surface area contributed by atoms with Crippen molar-refractivity contribution in [2.24, 2.45) is 0 Å². The van der Waals surface area contributed by atoms with E-state index in [0.29, 0.717) is 0 Å². The second kappa shape index (κ2) is 12.7. The number of nitrogens with one attached hydrogen (secondary N) is 2. The Balaban J connectivity index is 3.55. The number of ether oxygens (including phenoxy) is 2. The van der Waals surface area contributed by atoms with Crippen LogP contribution in [0.4, 0.5) is 0 Å². The summed E-state index contributed by atoms with van der Waals surface area (Å²) in [4.78, 5) is 22.0. The Morgan fingerprint density at radius 3 is 1.45 bits per heavy atom. The van der Waals surface area contributed by atoms with Crippen LogP contribution in [0, 0.1) is 0 Å². The summed E-state index contributed by atoms with van der Waals surface area (Å²) in [5.74, 6) is -0.682. The van der Waals surface area contributed by atoms with Crippen molar-refractivity contribution >= 4 is 11.9 Å². The minimum Gasteiger partial charge on any atom is -0.466 e. The maximum atomic E-state index is 11.0. The normalized spacial score (nSPS) is 11.8. The fourth-order valence-corrected chi connectivity index (χ4v) is 1.75. The monoisotopic (exact) mass is 312 g/mol. The third kappa shape index (κ3) is 11.8. The van der Waals surface area contributed by atoms with Crippen LogP contribution in [-0.2, 0) is 19.1 Å². The number of hydrogen-bond donors (Lipinski definition) is 2. The van der Waals surface area contributed by atoms with Crippen LogP contribution in [0.5, 0.6) is 0 Å². The molecule has 0 aliphatic rings. The van der Waals surface area contributed by atoms with E-state index in [0.717, 1.165) is 50.2 Å². The standard InChI is InChI=1S/C16H28N2O4/c1-13(11-15(19)21-3)17-9-7-5-6-8-10-18-14(2)12-16(20)22-4/h11-12,17-18H,5-10H2,1-4H3/b13-11-,14-12-. The Bertz CT molecular complexity index is 365. The summed E-state index contributed by atoms with van der Waals surface area (Å²) in [5, 5.41) is 6.34. The van der Waals surface area contributed by atoms with Crippen LogP contribution in [-0.4, -0.2) is 39.2 Å². The first-order chi connectivity index (χ1) is 10.5. The summed E-state index contributed by atoms with van der Waals surface area (Å²) < 4.78 is 9.09. The molecule has 126 valence electrons. The first-order valence-corrected chi connectivity index (χ1v) is 7.49. The van der Waals surface area contributed by atoms with Crippen LogP contribution in [0.25, 0.3) is 0 Å². The van der Waals surface area contributed by atoms with Crippen molar-refractivity contribution < 1.29 is 19.1 Å². The van der Waals surface area contributed by atoms with Crippen LogP contribution in [0.15, 0.2) is 23.5 Å². The highest BCUT2D eigenvalue weighted by Crippen LogP contribution is 2.00. The third-order valence-corrected chi connectivity index (χ3v) is 2.98. The number of methoxy groups -OCH3 is 2. The minimum absolute atomic E-state index is 0.341. The first-order valence-electron chi connectivity index (χ1n) is 7.49. The highest BCUT2D eigenvalue weighted by atomic mass is 16.5. The van der Waals surface area contributed by atoms with Crippen molar-refractivity contribution in [3.63, 3.8) is 0 Å². The highest BCUT2D eigenvalue weighted by Gasteiger charge is 1.97. The molecule has 0 radical (unpaired) electrons. The molecule has 0 bridgehead atoms. The number of carbonyl (C=O) groups is 2. The molecule has 0 aromatic heterocycles. The predicted molar refractivity (Wildman–Crippen MR) is 86.0 cm³/mol. The number of allylic oxidation sites excluding steroid dienone is 2. The van der Waals surface area contributed by atoms with Crippen LogP contribution in [0.2, 0.25) is 0 Å². The zero-order chi connectivity index (χ0) is 16.8. The number of rotatable bonds is 11. The van der Waals surface area contributed by atoms with Gasteiger partial charge in [-0.25, -0.2) is 9.59 Å². The van der Waals surface area contributed by atoms with Gasteiger partial charge in [0.25, 0.3) is 0 Å². The summed E-state index contributed by atoms with van der Waals surface area (Å²) in [5.41, 5.74) is 1.63. The molecular formula is C16H28N2O4. The lowest BCUT2D eigenvalue weighted by molar-refractivity contribution is -0.135. The summed E-state index contributed by atoms with van der Waals surface area (Å²) in [6.07, 6.45) is 7.20. The SMILES string of the molecule is COC(=O)/C=C(/C)NCCCCCCN/C(C)=C\C(=O)OC. The largest absolute Gasteiger partial charge is 0.466 e. The molecule has 0 amide bonds. The molecule has 0 spiro atoms. The van der Waals surface area contributed by atoms with Gasteiger partial charge in [-0.15, -0.1) is 0 Å². The van der Waals surface area contributed by atoms with Crippen molar-refractivity contribution in [3.8, 4) is 0 Å². The Kier molecular flexibility index (Phi) is 11.6. The molecular weight excluding hydrogens is 284 g/mol. The molecule has 0 atom stereocenters. The summed E-state index contributed by atoms with van der Waals surface area (Å²) in [7, 11) is 2.73. The molecule has 0 saturated carbocycles. The third-order valence-electron chi connectivity index (χ3n) is 2.98. The lowest BCUT2D eigenvalue weighted by Crippen LogP contribution is -2.15. The Morgan fingerprint density at radius 2 is 1.14 bits per heavy atom. The molecule has 0 heterocycles. The molecule has 22 heavy (non-hydrogen) atoms. The van der Waals surface area contributed by atoms with Gasteiger partial charge in [0.15, 0.2) is 0 Å². The number of unbranched alkanes of at least 4 members (excludes halogenated alkanes) is 3. The van der Waals surface area contributed by atoms with E-state index in [9.17, 15) is 9.59 Å². The van der Waals surface area contributed by atoms with Crippen molar-refractivity contribution in [2.45, 2.75) is 39.5 Å². The average Bonchev–Trinajstić information content (AvgIpc) is 2.49. The highest BCUT2D eigenvalue weighted by molar-refractivity contribution is 5.82. The molecule has 0 aliphatic heterocycles. The lowest BCUT2D eigenvalue weighted by Gasteiger charge is -2.07. The van der Waals surface area contributed by atoms with Gasteiger partial charge in [-0.2, -0.15) is 0 Å². The van der Waals surface area contributed by atoms with Gasteiger partial charge in [-0.3, -0.25) is 0 Å². The van der Waals surface area contributed by atoms with E-state index in [1.54, 1.807) is 0 Å². The topological polar surface area (TPSA) is 76.7 Å². The number of hydrogen-bond acceptors (Lipinski definition) is 6. The van der Waals surface area contributed by atoms with E-state index in [2.05, 4.69) is 20.1 Å². The number of carbonyl (C=O) groups excluding carboxylic acids is 2. The van der Waals surface area contributed by atoms with Crippen molar-refractivity contribution in [2.75, 3.05) is 27.3 Å². The van der Waals surface area contributed by atoms with Gasteiger partial charge in [0.2, 0.25) is 0 Å². The zero-order valence-electron chi connectivity index (χ0n) is 14.0. The summed E-state index contributed by atoms with van der Waals surface area (Å²) >= 11 is 0. The second-order valence-corrected chi connectivity index (χ2v) is 4.97. The van der Waals surface area contributed by atoms with Gasteiger partial charge in [-0.05, 0) is 26.7 Å². The lowest BCUT2D eigenvalue weighted by atomic mass is 10.2. The van der Waals surface area contributed by atoms with Crippen LogP contribution in [0.3, 0.4) is 0 Å². The van der Waals surface area contributed by atoms with E-state index in [1.807, 2.05) is 13.8 Å². The second-order valence-electron chi connectivity index (χ2n) is 4.97. The molecule has 6 heteroatoms. The fourth-order valence-electron chi connectivity index (χ4n) is 1.75. The smallest absolute Gasteiger partial charge is 0.332 e. The Labute approximate surface area is 132 Å². The van der Waals surface area contributed by atoms with Gasteiger partial charge in [-0.1, -0.05) is 12.8 Å². The van der Waals surface area contributed by atoms with E-state index >= 15 is 0 Å². The van der Waals surface area contributed by atoms with Crippen molar-refractivity contribution in [1.82, 2.24) is 10.6 Å². The maximum Gasteiger partial charge on any atom is 0.332 e. The van der Waals surface area contributed by atoms with Crippen LogP contribution >= 0.6 is 0 Å². The molecule has 0 aromatic carbocycles. The molecule has 0 aromatic rings. The minimum atomic E-state index is -0.341. The van der Waals surface area contributed by atoms with Crippen LogP contribution < -0.4 is 10.6 Å². The van der Waals surface area contributed by atoms with E-state index in [1.165, 1.54) is 26.4 Å². The van der Waals surface area contributed by atoms with E-state index in [-0.39, 0.29) is 11.9 Å². The van der Waals surface area contributed by atoms with Gasteiger partial charge in [0.05, 0.1) is 14.2 Å². The van der Waals surface area contributed by atoms with Gasteiger partial charge in [0, 0.05) is 36.6 Å². The zero-order valence-corrected chi connectivity index (χ0v) is 14.0. The average molecular weight is 312 g/mol. The molecule has 0 fully saturated rings. The molecule has 0 unspecified atom stereocenters. The van der Waals surface area contributed by atoms with Crippen molar-refractivity contribution in [3.05, 3.63) is 23.5 Å². The fraction of sp³-hybridized carbons (Fsp3) is 0.625. The van der Waals surface area contributed by atoms with Crippen molar-refractivity contribution in [1.29, 1.82) is 0 Å². The van der Waals surface area contributed by atoms with Crippen LogP contribution in [0.1, 0.15) is 39.5 Å². The maximum absolute atomic E-state index is 11.0. The van der Waals surface area contributed by atoms with E-state index < -0.39 is 0 Å². The molecule has 2 N–H and O–H groups in total. The molecule has 6 nitrogen and oxygen atoms in total. The first kappa shape index (κ1) is 20.0. The number of esters is 2. The Morgan fingerprint density at radius 1 is 0.773 bits per heavy atom.